The van der Waals surface area contributed by atoms with E-state index in [1.54, 1.807) is 0 Å². The number of thioether (sulfide) groups is 1. The Morgan fingerprint density at radius 2 is 2.18 bits per heavy atom. The summed E-state index contributed by atoms with van der Waals surface area (Å²) in [5, 5.41) is 6.39. The number of nitrogens with zero attached hydrogens (tertiary/aromatic N) is 1. The lowest BCUT2D eigenvalue weighted by Gasteiger charge is -2.23. The summed E-state index contributed by atoms with van der Waals surface area (Å²) < 4.78 is 5.67. The van der Waals surface area contributed by atoms with Crippen LogP contribution in [-0.2, 0) is 9.53 Å². The van der Waals surface area contributed by atoms with Crippen molar-refractivity contribution in [3.05, 3.63) is 0 Å². The lowest BCUT2D eigenvalue weighted by molar-refractivity contribution is -0.122. The molecule has 0 radical (unpaired) electrons. The zero-order chi connectivity index (χ0) is 14.8. The predicted molar refractivity (Wildman–Crippen MR) is 99.8 cm³/mol. The van der Waals surface area contributed by atoms with Gasteiger partial charge in [-0.3, -0.25) is 4.79 Å². The van der Waals surface area contributed by atoms with Gasteiger partial charge >= 0.3 is 0 Å². The van der Waals surface area contributed by atoms with Crippen LogP contribution in [0.5, 0.6) is 0 Å². The van der Waals surface area contributed by atoms with E-state index in [0.29, 0.717) is 25.6 Å². The standard InChI is InChI=1S/C14H29N3O2S.2ClH/c1-4-19-13(5-7-17(2)3)10-16-14(18)9-12-11-20-8-6-15-12;;/h12-13,15H,4-11H2,1-3H3,(H,16,18);2*1H. The van der Waals surface area contributed by atoms with E-state index >= 15 is 0 Å². The van der Waals surface area contributed by atoms with Crippen LogP contribution in [0.4, 0.5) is 0 Å². The van der Waals surface area contributed by atoms with Crippen molar-refractivity contribution < 1.29 is 9.53 Å². The molecular formula is C14H31Cl2N3O2S. The highest BCUT2D eigenvalue weighted by atomic mass is 35.5. The minimum Gasteiger partial charge on any atom is -0.377 e. The first-order valence-corrected chi connectivity index (χ1v) is 8.61. The Morgan fingerprint density at radius 1 is 1.45 bits per heavy atom. The summed E-state index contributed by atoms with van der Waals surface area (Å²) in [6.07, 6.45) is 1.62. The highest BCUT2D eigenvalue weighted by Crippen LogP contribution is 2.10. The van der Waals surface area contributed by atoms with Gasteiger partial charge < -0.3 is 20.3 Å². The van der Waals surface area contributed by atoms with Gasteiger partial charge in [-0.05, 0) is 27.4 Å². The number of hydrogen-bond donors (Lipinski definition) is 2. The summed E-state index contributed by atoms with van der Waals surface area (Å²) in [6, 6.07) is 0.320. The van der Waals surface area contributed by atoms with Crippen LogP contribution >= 0.6 is 36.6 Å². The molecule has 0 saturated carbocycles. The van der Waals surface area contributed by atoms with Gasteiger partial charge in [0.2, 0.25) is 5.91 Å². The molecule has 1 heterocycles. The minimum absolute atomic E-state index is 0. The van der Waals surface area contributed by atoms with Crippen molar-refractivity contribution in [1.29, 1.82) is 0 Å². The highest BCUT2D eigenvalue weighted by molar-refractivity contribution is 7.99. The molecule has 0 aromatic rings. The van der Waals surface area contributed by atoms with Crippen molar-refractivity contribution in [2.24, 2.45) is 0 Å². The molecular weight excluding hydrogens is 345 g/mol. The third-order valence-corrected chi connectivity index (χ3v) is 4.39. The Balaban J connectivity index is 0. The maximum atomic E-state index is 11.9. The molecule has 22 heavy (non-hydrogen) atoms. The van der Waals surface area contributed by atoms with Crippen LogP contribution in [0, 0.1) is 0 Å². The first-order valence-electron chi connectivity index (χ1n) is 7.46. The first kappa shape index (κ1) is 24.5. The molecule has 0 spiro atoms. The number of nitrogens with one attached hydrogen (secondary N) is 2. The Hall–Kier alpha value is 0.280. The molecule has 134 valence electrons. The highest BCUT2D eigenvalue weighted by Gasteiger charge is 2.17. The molecule has 2 atom stereocenters. The molecule has 1 amide bonds. The van der Waals surface area contributed by atoms with Crippen molar-refractivity contribution in [1.82, 2.24) is 15.5 Å². The maximum Gasteiger partial charge on any atom is 0.221 e. The first-order chi connectivity index (χ1) is 9.61. The monoisotopic (exact) mass is 375 g/mol. The van der Waals surface area contributed by atoms with Crippen LogP contribution in [0.25, 0.3) is 0 Å². The Bertz CT molecular complexity index is 281. The average Bonchev–Trinajstić information content (AvgIpc) is 2.43. The summed E-state index contributed by atoms with van der Waals surface area (Å²) in [5.74, 6) is 2.30. The summed E-state index contributed by atoms with van der Waals surface area (Å²) in [7, 11) is 4.10. The molecule has 1 rings (SSSR count). The molecule has 0 aromatic heterocycles. The molecule has 0 aromatic carbocycles. The third-order valence-electron chi connectivity index (χ3n) is 3.26. The molecule has 1 aliphatic rings. The fourth-order valence-electron chi connectivity index (χ4n) is 2.16. The van der Waals surface area contributed by atoms with Crippen LogP contribution in [0.15, 0.2) is 0 Å². The van der Waals surface area contributed by atoms with Crippen LogP contribution in [0.2, 0.25) is 0 Å². The van der Waals surface area contributed by atoms with Crippen molar-refractivity contribution in [2.75, 3.05) is 51.8 Å². The molecule has 2 N–H and O–H groups in total. The quantitative estimate of drug-likeness (QED) is 0.637. The predicted octanol–water partition coefficient (Wildman–Crippen LogP) is 1.40. The molecule has 5 nitrogen and oxygen atoms in total. The summed E-state index contributed by atoms with van der Waals surface area (Å²) in [5.41, 5.74) is 0. The number of rotatable bonds is 9. The van der Waals surface area contributed by atoms with Crippen molar-refractivity contribution >= 4 is 42.5 Å². The zero-order valence-electron chi connectivity index (χ0n) is 13.8. The number of ether oxygens (including phenoxy) is 1. The fraction of sp³-hybridized carbons (Fsp3) is 0.929. The number of halogens is 2. The summed E-state index contributed by atoms with van der Waals surface area (Å²) >= 11 is 1.92. The molecule has 8 heteroatoms. The van der Waals surface area contributed by atoms with Gasteiger partial charge in [-0.25, -0.2) is 0 Å². The molecule has 1 aliphatic heterocycles. The van der Waals surface area contributed by atoms with Crippen molar-refractivity contribution in [3.63, 3.8) is 0 Å². The van der Waals surface area contributed by atoms with Gasteiger partial charge in [0.05, 0.1) is 6.10 Å². The van der Waals surface area contributed by atoms with E-state index < -0.39 is 0 Å². The molecule has 1 fully saturated rings. The SMILES string of the molecule is CCOC(CCN(C)C)CNC(=O)CC1CSCCN1.Cl.Cl. The van der Waals surface area contributed by atoms with Crippen molar-refractivity contribution in [2.45, 2.75) is 31.9 Å². The second-order valence-electron chi connectivity index (χ2n) is 5.40. The number of carbonyl (C=O) groups is 1. The second-order valence-corrected chi connectivity index (χ2v) is 6.55. The van der Waals surface area contributed by atoms with E-state index in [1.165, 1.54) is 0 Å². The number of amides is 1. The fourth-order valence-corrected chi connectivity index (χ4v) is 3.11. The molecule has 1 saturated heterocycles. The van der Waals surface area contributed by atoms with E-state index in [1.807, 2.05) is 32.8 Å². The Morgan fingerprint density at radius 3 is 2.73 bits per heavy atom. The van der Waals surface area contributed by atoms with E-state index in [2.05, 4.69) is 15.5 Å². The smallest absolute Gasteiger partial charge is 0.221 e. The van der Waals surface area contributed by atoms with Gasteiger partial charge in [0.1, 0.15) is 0 Å². The van der Waals surface area contributed by atoms with Crippen molar-refractivity contribution in [3.8, 4) is 0 Å². The molecule has 0 aliphatic carbocycles. The minimum atomic E-state index is 0. The number of hydrogen-bond acceptors (Lipinski definition) is 5. The average molecular weight is 376 g/mol. The molecule has 2 unspecified atom stereocenters. The Labute approximate surface area is 151 Å². The lowest BCUT2D eigenvalue weighted by atomic mass is 10.2. The Kier molecular flexibility index (Phi) is 16.6. The summed E-state index contributed by atoms with van der Waals surface area (Å²) in [4.78, 5) is 14.1. The van der Waals surface area contributed by atoms with Gasteiger partial charge in [0.25, 0.3) is 0 Å². The molecule has 0 bridgehead atoms. The van der Waals surface area contributed by atoms with E-state index in [0.717, 1.165) is 31.0 Å². The maximum absolute atomic E-state index is 11.9. The third kappa shape index (κ3) is 11.8. The topological polar surface area (TPSA) is 53.6 Å². The summed E-state index contributed by atoms with van der Waals surface area (Å²) in [6.45, 7) is 5.27. The van der Waals surface area contributed by atoms with Gasteiger partial charge in [-0.15, -0.1) is 24.8 Å². The normalized spacial score (nSPS) is 19.0. The lowest BCUT2D eigenvalue weighted by Crippen LogP contribution is -2.43. The van der Waals surface area contributed by atoms with Gasteiger partial charge in [-0.1, -0.05) is 0 Å². The van der Waals surface area contributed by atoms with E-state index in [9.17, 15) is 4.79 Å². The van der Waals surface area contributed by atoms with Crippen LogP contribution in [0.1, 0.15) is 19.8 Å². The van der Waals surface area contributed by atoms with E-state index in [4.69, 9.17) is 4.74 Å². The van der Waals surface area contributed by atoms with Crippen LogP contribution in [0.3, 0.4) is 0 Å². The van der Waals surface area contributed by atoms with Gasteiger partial charge in [0, 0.05) is 50.2 Å². The van der Waals surface area contributed by atoms with Gasteiger partial charge in [-0.2, -0.15) is 11.8 Å². The van der Waals surface area contributed by atoms with Crippen LogP contribution in [-0.4, -0.2) is 74.8 Å². The largest absolute Gasteiger partial charge is 0.377 e. The van der Waals surface area contributed by atoms with Gasteiger partial charge in [0.15, 0.2) is 0 Å². The van der Waals surface area contributed by atoms with E-state index in [-0.39, 0.29) is 36.8 Å². The second kappa shape index (κ2) is 14.8. The zero-order valence-corrected chi connectivity index (χ0v) is 16.2. The van der Waals surface area contributed by atoms with Crippen LogP contribution < -0.4 is 10.6 Å². The number of carbonyl (C=O) groups excluding carboxylic acids is 1.